The van der Waals surface area contributed by atoms with Gasteiger partial charge in [-0.3, -0.25) is 4.79 Å². The molecule has 4 rings (SSSR count). The van der Waals surface area contributed by atoms with Crippen LogP contribution >= 0.6 is 0 Å². The molecule has 4 nitrogen and oxygen atoms in total. The van der Waals surface area contributed by atoms with Crippen LogP contribution in [-0.4, -0.2) is 13.0 Å². The Kier molecular flexibility index (Phi) is 6.10. The summed E-state index contributed by atoms with van der Waals surface area (Å²) < 4.78 is 11.5. The molecule has 0 aliphatic heterocycles. The minimum atomic E-state index is -0.176. The van der Waals surface area contributed by atoms with Crippen molar-refractivity contribution in [3.8, 4) is 16.9 Å². The molecule has 1 heterocycles. The first kappa shape index (κ1) is 22.4. The number of furan rings is 1. The second kappa shape index (κ2) is 8.99. The number of benzene rings is 3. The smallest absolute Gasteiger partial charge is 0.248 e. The Morgan fingerprint density at radius 1 is 0.970 bits per heavy atom. The lowest BCUT2D eigenvalue weighted by Crippen LogP contribution is -2.10. The van der Waals surface area contributed by atoms with E-state index in [1.165, 1.54) is 11.1 Å². The fraction of sp³-hybridized carbons (Fsp3) is 0.207. The number of anilines is 1. The molecule has 0 aliphatic carbocycles. The highest BCUT2D eigenvalue weighted by Crippen LogP contribution is 2.38. The highest BCUT2D eigenvalue weighted by molar-refractivity contribution is 6.05. The van der Waals surface area contributed by atoms with Crippen molar-refractivity contribution >= 4 is 28.1 Å². The van der Waals surface area contributed by atoms with E-state index in [9.17, 15) is 4.79 Å². The van der Waals surface area contributed by atoms with Gasteiger partial charge >= 0.3 is 0 Å². The Labute approximate surface area is 194 Å². The van der Waals surface area contributed by atoms with Crippen LogP contribution in [0.3, 0.4) is 0 Å². The molecule has 0 fully saturated rings. The zero-order chi connectivity index (χ0) is 23.7. The van der Waals surface area contributed by atoms with Crippen molar-refractivity contribution < 1.29 is 13.9 Å². The van der Waals surface area contributed by atoms with Crippen molar-refractivity contribution in [3.63, 3.8) is 0 Å². The van der Waals surface area contributed by atoms with Crippen LogP contribution in [-0.2, 0) is 4.79 Å². The Morgan fingerprint density at radius 2 is 1.76 bits per heavy atom. The number of amides is 1. The van der Waals surface area contributed by atoms with Gasteiger partial charge in [-0.2, -0.15) is 0 Å². The van der Waals surface area contributed by atoms with E-state index in [0.717, 1.165) is 50.0 Å². The minimum absolute atomic E-state index is 0.176. The number of hydrogen-bond acceptors (Lipinski definition) is 3. The number of hydrogen-bond donors (Lipinski definition) is 1. The van der Waals surface area contributed by atoms with E-state index in [2.05, 4.69) is 37.4 Å². The summed E-state index contributed by atoms with van der Waals surface area (Å²) in [6.07, 6.45) is 3.40. The SMILES string of the molecule is COc1cc2occ(-c3ccc(C)cc3C)c2cc1/C(C)=C/C(=O)Nc1cccc(C)c1C. The zero-order valence-corrected chi connectivity index (χ0v) is 20.0. The van der Waals surface area contributed by atoms with Crippen LogP contribution in [0.25, 0.3) is 27.7 Å². The number of aryl methyl sites for hydroxylation is 3. The maximum atomic E-state index is 12.8. The highest BCUT2D eigenvalue weighted by Gasteiger charge is 2.16. The Balaban J connectivity index is 1.74. The van der Waals surface area contributed by atoms with Crippen molar-refractivity contribution in [1.29, 1.82) is 0 Å². The third-order valence-corrected chi connectivity index (χ3v) is 6.20. The standard InChI is InChI=1S/C29H29NO3/c1-17-10-11-22(19(3)12-17)25-16-33-28-15-27(32-6)23(14-24(25)28)20(4)13-29(31)30-26-9-7-8-18(2)21(26)5/h7-16H,1-6H3,(H,30,31)/b20-13+. The van der Waals surface area contributed by atoms with Gasteiger partial charge in [-0.25, -0.2) is 0 Å². The molecular formula is C29H29NO3. The summed E-state index contributed by atoms with van der Waals surface area (Å²) in [5, 5.41) is 3.98. The maximum absolute atomic E-state index is 12.8. The molecule has 1 N–H and O–H groups in total. The van der Waals surface area contributed by atoms with Gasteiger partial charge in [-0.15, -0.1) is 0 Å². The zero-order valence-electron chi connectivity index (χ0n) is 20.0. The average molecular weight is 440 g/mol. The Hall–Kier alpha value is -3.79. The maximum Gasteiger partial charge on any atom is 0.248 e. The van der Waals surface area contributed by atoms with Gasteiger partial charge in [0.25, 0.3) is 0 Å². The molecular weight excluding hydrogens is 410 g/mol. The molecule has 0 bridgehead atoms. The van der Waals surface area contributed by atoms with Gasteiger partial charge in [0.15, 0.2) is 0 Å². The van der Waals surface area contributed by atoms with Crippen LogP contribution in [0.4, 0.5) is 5.69 Å². The van der Waals surface area contributed by atoms with Crippen molar-refractivity contribution in [3.05, 3.63) is 88.7 Å². The number of carbonyl (C=O) groups is 1. The predicted molar refractivity (Wildman–Crippen MR) is 136 cm³/mol. The first-order valence-corrected chi connectivity index (χ1v) is 11.0. The molecule has 3 aromatic carbocycles. The van der Waals surface area contributed by atoms with Crippen LogP contribution in [0.1, 0.15) is 34.7 Å². The van der Waals surface area contributed by atoms with Crippen LogP contribution in [0.15, 0.2) is 65.3 Å². The molecule has 168 valence electrons. The Morgan fingerprint density at radius 3 is 2.48 bits per heavy atom. The van der Waals surface area contributed by atoms with Crippen molar-refractivity contribution in [1.82, 2.24) is 0 Å². The first-order valence-electron chi connectivity index (χ1n) is 11.0. The van der Waals surface area contributed by atoms with Crippen LogP contribution in [0, 0.1) is 27.7 Å². The number of fused-ring (bicyclic) bond motifs is 1. The van der Waals surface area contributed by atoms with Crippen LogP contribution in [0.2, 0.25) is 0 Å². The van der Waals surface area contributed by atoms with Gasteiger partial charge in [0.05, 0.1) is 13.4 Å². The summed E-state index contributed by atoms with van der Waals surface area (Å²) in [5.41, 5.74) is 10.0. The fourth-order valence-electron chi connectivity index (χ4n) is 4.19. The summed E-state index contributed by atoms with van der Waals surface area (Å²) in [6, 6.07) is 16.2. The highest BCUT2D eigenvalue weighted by atomic mass is 16.5. The quantitative estimate of drug-likeness (QED) is 0.330. The van der Waals surface area contributed by atoms with Gasteiger partial charge in [-0.05, 0) is 74.6 Å². The molecule has 0 unspecified atom stereocenters. The summed E-state index contributed by atoms with van der Waals surface area (Å²) >= 11 is 0. The third kappa shape index (κ3) is 4.42. The van der Waals surface area contributed by atoms with Crippen LogP contribution in [0.5, 0.6) is 5.75 Å². The van der Waals surface area contributed by atoms with Gasteiger partial charge in [0.1, 0.15) is 11.3 Å². The minimum Gasteiger partial charge on any atom is -0.496 e. The largest absolute Gasteiger partial charge is 0.496 e. The van der Waals surface area contributed by atoms with E-state index >= 15 is 0 Å². The first-order chi connectivity index (χ1) is 15.8. The lowest BCUT2D eigenvalue weighted by Gasteiger charge is -2.12. The normalized spacial score (nSPS) is 11.6. The van der Waals surface area contributed by atoms with E-state index in [4.69, 9.17) is 9.15 Å². The number of carbonyl (C=O) groups excluding carboxylic acids is 1. The number of methoxy groups -OCH3 is 1. The number of nitrogens with one attached hydrogen (secondary N) is 1. The topological polar surface area (TPSA) is 51.5 Å². The molecule has 0 atom stereocenters. The van der Waals surface area contributed by atoms with Crippen molar-refractivity contribution in [2.45, 2.75) is 34.6 Å². The van der Waals surface area contributed by atoms with E-state index in [1.807, 2.05) is 51.1 Å². The summed E-state index contributed by atoms with van der Waals surface area (Å²) in [7, 11) is 1.63. The van der Waals surface area contributed by atoms with Crippen LogP contribution < -0.4 is 10.1 Å². The van der Waals surface area contributed by atoms with Gasteiger partial charge < -0.3 is 14.5 Å². The van der Waals surface area contributed by atoms with E-state index in [1.54, 1.807) is 19.4 Å². The second-order valence-corrected chi connectivity index (χ2v) is 8.58. The number of allylic oxidation sites excluding steroid dienone is 1. The van der Waals surface area contributed by atoms with E-state index in [-0.39, 0.29) is 5.91 Å². The molecule has 0 spiro atoms. The molecule has 4 aromatic rings. The average Bonchev–Trinajstić information content (AvgIpc) is 3.18. The van der Waals surface area contributed by atoms with Gasteiger partial charge in [0.2, 0.25) is 5.91 Å². The molecule has 0 aliphatic rings. The van der Waals surface area contributed by atoms with Gasteiger partial charge in [-0.1, -0.05) is 35.9 Å². The molecule has 0 radical (unpaired) electrons. The van der Waals surface area contributed by atoms with Crippen molar-refractivity contribution in [2.24, 2.45) is 0 Å². The summed E-state index contributed by atoms with van der Waals surface area (Å²) in [5.74, 6) is 0.488. The molecule has 1 amide bonds. The molecule has 0 saturated heterocycles. The van der Waals surface area contributed by atoms with Gasteiger partial charge in [0, 0.05) is 34.3 Å². The number of rotatable bonds is 5. The molecule has 1 aromatic heterocycles. The predicted octanol–water partition coefficient (Wildman–Crippen LogP) is 7.38. The van der Waals surface area contributed by atoms with E-state index in [0.29, 0.717) is 5.75 Å². The molecule has 33 heavy (non-hydrogen) atoms. The van der Waals surface area contributed by atoms with Crippen molar-refractivity contribution in [2.75, 3.05) is 12.4 Å². The Bertz CT molecular complexity index is 1390. The second-order valence-electron chi connectivity index (χ2n) is 8.58. The molecule has 0 saturated carbocycles. The number of ether oxygens (including phenoxy) is 1. The fourth-order valence-corrected chi connectivity index (χ4v) is 4.19. The monoisotopic (exact) mass is 439 g/mol. The summed E-state index contributed by atoms with van der Waals surface area (Å²) in [6.45, 7) is 10.2. The summed E-state index contributed by atoms with van der Waals surface area (Å²) in [4.78, 5) is 12.8. The lowest BCUT2D eigenvalue weighted by atomic mass is 9.96. The lowest BCUT2D eigenvalue weighted by molar-refractivity contribution is -0.111. The third-order valence-electron chi connectivity index (χ3n) is 6.20. The van der Waals surface area contributed by atoms with E-state index < -0.39 is 0 Å². The molecule has 4 heteroatoms.